The number of benzene rings is 1. The number of nitrogens with zero attached hydrogens (tertiary/aromatic N) is 5. The predicted octanol–water partition coefficient (Wildman–Crippen LogP) is 3.44. The van der Waals surface area contributed by atoms with Gasteiger partial charge in [-0.1, -0.05) is 30.6 Å². The molecule has 4 aromatic rings. The summed E-state index contributed by atoms with van der Waals surface area (Å²) < 4.78 is 28.1. The second-order valence-electron chi connectivity index (χ2n) is 10.2. The highest BCUT2D eigenvalue weighted by molar-refractivity contribution is 7.59. The molecule has 3 aromatic heterocycles. The summed E-state index contributed by atoms with van der Waals surface area (Å²) in [7, 11) is 1.44. The monoisotopic (exact) mass is 619 g/mol. The number of fused-ring (bicyclic) bond motifs is 1. The third-order valence-electron chi connectivity index (χ3n) is 7.68. The summed E-state index contributed by atoms with van der Waals surface area (Å²) in [6.07, 6.45) is 5.37. The molecule has 1 aromatic carbocycles. The molecule has 0 radical (unpaired) electrons. The number of carbonyl (C=O) groups is 1. The predicted molar refractivity (Wildman–Crippen MR) is 161 cm³/mol. The number of aliphatic hydroxyl groups excluding tert-OH is 1. The molecule has 1 aliphatic carbocycles. The summed E-state index contributed by atoms with van der Waals surface area (Å²) in [4.78, 5) is 43.0. The van der Waals surface area contributed by atoms with Crippen LogP contribution in [-0.4, -0.2) is 55.3 Å². The topological polar surface area (TPSA) is 130 Å². The molecule has 0 amide bonds. The minimum absolute atomic E-state index is 0. The Bertz CT molecular complexity index is 1680. The van der Waals surface area contributed by atoms with Crippen molar-refractivity contribution in [2.45, 2.75) is 58.2 Å². The summed E-state index contributed by atoms with van der Waals surface area (Å²) in [5.41, 5.74) is -0.371. The fourth-order valence-electron chi connectivity index (χ4n) is 5.22. The van der Waals surface area contributed by atoms with Gasteiger partial charge < -0.3 is 14.6 Å². The van der Waals surface area contributed by atoms with Crippen molar-refractivity contribution in [3.63, 3.8) is 0 Å². The zero-order valence-electron chi connectivity index (χ0n) is 23.6. The molecule has 226 valence electrons. The van der Waals surface area contributed by atoms with E-state index in [4.69, 9.17) is 9.47 Å². The number of thiophene rings is 1. The van der Waals surface area contributed by atoms with E-state index in [-0.39, 0.29) is 50.3 Å². The Morgan fingerprint density at radius 2 is 1.95 bits per heavy atom. The first kappa shape index (κ1) is 31.6. The highest BCUT2D eigenvalue weighted by atomic mass is 32.1. The Kier molecular flexibility index (Phi) is 10.0. The van der Waals surface area contributed by atoms with Gasteiger partial charge >= 0.3 is 5.69 Å². The van der Waals surface area contributed by atoms with Crippen molar-refractivity contribution in [3.8, 4) is 10.8 Å². The Morgan fingerprint density at radius 3 is 2.57 bits per heavy atom. The minimum Gasteiger partial charge on any atom is -0.496 e. The van der Waals surface area contributed by atoms with Crippen molar-refractivity contribution < 1.29 is 23.8 Å². The van der Waals surface area contributed by atoms with E-state index >= 15 is 0 Å². The van der Waals surface area contributed by atoms with E-state index in [1.165, 1.54) is 47.1 Å². The van der Waals surface area contributed by atoms with E-state index in [9.17, 15) is 23.9 Å². The van der Waals surface area contributed by atoms with Gasteiger partial charge in [-0.25, -0.2) is 13.8 Å². The summed E-state index contributed by atoms with van der Waals surface area (Å²) in [6.45, 7) is 2.77. The molecule has 1 N–H and O–H groups in total. The van der Waals surface area contributed by atoms with Crippen LogP contribution in [0.25, 0.3) is 15.2 Å². The minimum atomic E-state index is -0.989. The number of hydrogen-bond acceptors (Lipinski definition) is 9. The first-order valence-corrected chi connectivity index (χ1v) is 14.3. The summed E-state index contributed by atoms with van der Waals surface area (Å²) in [5.74, 6) is -0.111. The standard InChI is InChI=1S/C28H32FN5O6S.H2S/c1-16-24-25(37)33(17(2)21(36)13-18-5-4-6-18)28(38)32(27(24)41-26(16)34-30-9-10-31-34)15-23(40-12-11-35)20-14-19(29)7-8-22(20)39-3;/h7-10,14,17-18,23,35H,4-6,11-13,15H2,1-3H3;1H2/t17-,23-;/m0./s1. The zero-order chi connectivity index (χ0) is 29.3. The Hall–Kier alpha value is -3.33. The van der Waals surface area contributed by atoms with E-state index in [1.807, 2.05) is 0 Å². The molecule has 2 atom stereocenters. The molecule has 0 bridgehead atoms. The van der Waals surface area contributed by atoms with Gasteiger partial charge in [-0.3, -0.25) is 14.2 Å². The number of hydrogen-bond donors (Lipinski definition) is 1. The van der Waals surface area contributed by atoms with Gasteiger partial charge in [0, 0.05) is 17.5 Å². The number of aliphatic hydroxyl groups is 1. The lowest BCUT2D eigenvalue weighted by Gasteiger charge is -2.26. The van der Waals surface area contributed by atoms with Crippen LogP contribution in [0.1, 0.15) is 55.9 Å². The molecule has 1 saturated carbocycles. The quantitative estimate of drug-likeness (QED) is 0.255. The molecule has 5 rings (SSSR count). The number of ether oxygens (including phenoxy) is 2. The Balaban J connectivity index is 0.00000405. The van der Waals surface area contributed by atoms with Gasteiger partial charge in [0.2, 0.25) is 0 Å². The van der Waals surface area contributed by atoms with Crippen LogP contribution >= 0.6 is 24.8 Å². The van der Waals surface area contributed by atoms with Gasteiger partial charge in [0.05, 0.1) is 50.7 Å². The molecule has 0 unspecified atom stereocenters. The molecule has 3 heterocycles. The van der Waals surface area contributed by atoms with Crippen molar-refractivity contribution in [2.24, 2.45) is 5.92 Å². The number of halogens is 1. The van der Waals surface area contributed by atoms with Gasteiger partial charge in [0.15, 0.2) is 5.78 Å². The smallest absolute Gasteiger partial charge is 0.332 e. The van der Waals surface area contributed by atoms with Gasteiger partial charge in [-0.05, 0) is 38.0 Å². The van der Waals surface area contributed by atoms with E-state index < -0.39 is 29.2 Å². The first-order chi connectivity index (χ1) is 19.7. The van der Waals surface area contributed by atoms with Crippen molar-refractivity contribution in [2.75, 3.05) is 20.3 Å². The first-order valence-electron chi connectivity index (χ1n) is 13.5. The SMILES string of the molecule is COc1ccc(F)cc1[C@H](Cn1c(=O)n([C@@H](C)C(=O)CC2CCC2)c(=O)c2c(C)c(-n3nccn3)sc21)OCCO.S. The maximum absolute atomic E-state index is 14.4. The molecule has 1 aliphatic rings. The van der Waals surface area contributed by atoms with E-state index in [2.05, 4.69) is 10.2 Å². The van der Waals surface area contributed by atoms with E-state index in [1.54, 1.807) is 13.8 Å². The van der Waals surface area contributed by atoms with Crippen LogP contribution in [0, 0.1) is 18.7 Å². The summed E-state index contributed by atoms with van der Waals surface area (Å²) in [6, 6.07) is 2.97. The lowest BCUT2D eigenvalue weighted by atomic mass is 9.81. The fourth-order valence-corrected chi connectivity index (χ4v) is 6.44. The number of rotatable bonds is 12. The highest BCUT2D eigenvalue weighted by Gasteiger charge is 2.30. The molecular weight excluding hydrogens is 585 g/mol. The van der Waals surface area contributed by atoms with Crippen molar-refractivity contribution >= 4 is 40.8 Å². The molecule has 42 heavy (non-hydrogen) atoms. The second-order valence-corrected chi connectivity index (χ2v) is 11.2. The average Bonchev–Trinajstić information content (AvgIpc) is 3.58. The van der Waals surface area contributed by atoms with Gasteiger partial charge in [0.25, 0.3) is 5.56 Å². The average molecular weight is 620 g/mol. The van der Waals surface area contributed by atoms with Crippen molar-refractivity contribution in [3.05, 3.63) is 68.4 Å². The Morgan fingerprint density at radius 1 is 1.24 bits per heavy atom. The van der Waals surface area contributed by atoms with Crippen molar-refractivity contribution in [1.29, 1.82) is 0 Å². The number of aryl methyl sites for hydroxylation is 1. The summed E-state index contributed by atoms with van der Waals surface area (Å²) >= 11 is 1.16. The van der Waals surface area contributed by atoms with Crippen LogP contribution < -0.4 is 16.0 Å². The number of methoxy groups -OCH3 is 1. The molecule has 0 aliphatic heterocycles. The fraction of sp³-hybridized carbons (Fsp3) is 0.464. The number of ketones is 1. The Labute approximate surface area is 251 Å². The number of Topliss-reactive ketones (excluding diaryl/α,β-unsaturated/α-hetero) is 1. The van der Waals surface area contributed by atoms with Gasteiger partial charge in [0.1, 0.15) is 27.5 Å². The summed E-state index contributed by atoms with van der Waals surface area (Å²) in [5, 5.41) is 18.7. The lowest BCUT2D eigenvalue weighted by molar-refractivity contribution is -0.123. The maximum Gasteiger partial charge on any atom is 0.332 e. The van der Waals surface area contributed by atoms with E-state index in [0.29, 0.717) is 33.1 Å². The molecule has 1 fully saturated rings. The van der Waals surface area contributed by atoms with Gasteiger partial charge in [-0.15, -0.1) is 4.80 Å². The van der Waals surface area contributed by atoms with Gasteiger partial charge in [-0.2, -0.15) is 23.7 Å². The second kappa shape index (κ2) is 13.3. The third kappa shape index (κ3) is 5.93. The molecule has 14 heteroatoms. The van der Waals surface area contributed by atoms with Crippen molar-refractivity contribution in [1.82, 2.24) is 24.1 Å². The van der Waals surface area contributed by atoms with Crippen LogP contribution in [0.3, 0.4) is 0 Å². The van der Waals surface area contributed by atoms with E-state index in [0.717, 1.165) is 35.2 Å². The lowest BCUT2D eigenvalue weighted by Crippen LogP contribution is -2.44. The maximum atomic E-state index is 14.4. The van der Waals surface area contributed by atoms with Crippen LogP contribution in [0.2, 0.25) is 0 Å². The molecule has 0 spiro atoms. The molecular formula is C28H34FN5O6S2. The highest BCUT2D eigenvalue weighted by Crippen LogP contribution is 2.35. The zero-order valence-corrected chi connectivity index (χ0v) is 25.4. The number of aromatic nitrogens is 5. The number of carbonyl (C=O) groups excluding carboxylic acids is 1. The third-order valence-corrected chi connectivity index (χ3v) is 8.96. The van der Waals surface area contributed by atoms with Crippen LogP contribution in [0.4, 0.5) is 4.39 Å². The van der Waals surface area contributed by atoms with Crippen LogP contribution in [-0.2, 0) is 16.1 Å². The largest absolute Gasteiger partial charge is 0.496 e. The molecule has 11 nitrogen and oxygen atoms in total. The normalized spacial score (nSPS) is 14.8. The van der Waals surface area contributed by atoms with Crippen LogP contribution in [0.5, 0.6) is 5.75 Å². The van der Waals surface area contributed by atoms with Crippen LogP contribution in [0.15, 0.2) is 40.2 Å². The molecule has 0 saturated heterocycles.